The fourth-order valence-electron chi connectivity index (χ4n) is 1.84. The summed E-state index contributed by atoms with van der Waals surface area (Å²) < 4.78 is 0. The van der Waals surface area contributed by atoms with E-state index in [2.05, 4.69) is 48.8 Å². The van der Waals surface area contributed by atoms with Crippen molar-refractivity contribution in [3.05, 3.63) is 35.4 Å². The monoisotopic (exact) mass is 296 g/mol. The van der Waals surface area contributed by atoms with E-state index >= 15 is 0 Å². The van der Waals surface area contributed by atoms with E-state index in [1.54, 1.807) is 0 Å². The van der Waals surface area contributed by atoms with Gasteiger partial charge in [0.1, 0.15) is 0 Å². The van der Waals surface area contributed by atoms with E-state index in [1.165, 1.54) is 5.56 Å². The first kappa shape index (κ1) is 14.4. The molecule has 0 aliphatic carbocycles. The van der Waals surface area contributed by atoms with Crippen molar-refractivity contribution < 1.29 is 4.79 Å². The largest absolute Gasteiger partial charge is 0.293 e. The Morgan fingerprint density at radius 3 is 2.29 bits per heavy atom. The third-order valence-corrected chi connectivity index (χ3v) is 3.58. The van der Waals surface area contributed by atoms with Gasteiger partial charge in [-0.1, -0.05) is 67.4 Å². The highest BCUT2D eigenvalue weighted by molar-refractivity contribution is 9.10. The zero-order valence-electron chi connectivity index (χ0n) is 10.9. The lowest BCUT2D eigenvalue weighted by atomic mass is 9.99. The van der Waals surface area contributed by atoms with Gasteiger partial charge in [0, 0.05) is 5.56 Å². The summed E-state index contributed by atoms with van der Waals surface area (Å²) in [5.74, 6) is 0.850. The molecule has 17 heavy (non-hydrogen) atoms. The Morgan fingerprint density at radius 1 is 1.24 bits per heavy atom. The molecule has 1 aromatic carbocycles. The van der Waals surface area contributed by atoms with Gasteiger partial charge in [-0.15, -0.1) is 0 Å². The second-order valence-electron chi connectivity index (χ2n) is 4.92. The number of benzene rings is 1. The number of alkyl halides is 1. The predicted molar refractivity (Wildman–Crippen MR) is 76.9 cm³/mol. The molecule has 0 saturated carbocycles. The highest BCUT2D eigenvalue weighted by Gasteiger charge is 2.15. The molecular weight excluding hydrogens is 276 g/mol. The lowest BCUT2D eigenvalue weighted by Crippen LogP contribution is -2.13. The highest BCUT2D eigenvalue weighted by atomic mass is 79.9. The Balaban J connectivity index is 2.70. The van der Waals surface area contributed by atoms with Crippen LogP contribution in [0.25, 0.3) is 0 Å². The van der Waals surface area contributed by atoms with Gasteiger partial charge in [0.05, 0.1) is 4.83 Å². The van der Waals surface area contributed by atoms with Crippen molar-refractivity contribution in [2.24, 2.45) is 5.92 Å². The van der Waals surface area contributed by atoms with Crippen molar-refractivity contribution >= 4 is 21.7 Å². The van der Waals surface area contributed by atoms with E-state index in [0.29, 0.717) is 5.92 Å². The molecule has 94 valence electrons. The molecule has 1 nitrogen and oxygen atoms in total. The average Bonchev–Trinajstić information content (AvgIpc) is 2.28. The van der Waals surface area contributed by atoms with Gasteiger partial charge < -0.3 is 0 Å². The average molecular weight is 297 g/mol. The van der Waals surface area contributed by atoms with Crippen molar-refractivity contribution in [1.82, 2.24) is 0 Å². The first-order valence-corrected chi connectivity index (χ1v) is 7.23. The Bertz CT molecular complexity index is 354. The van der Waals surface area contributed by atoms with Gasteiger partial charge in [-0.25, -0.2) is 0 Å². The van der Waals surface area contributed by atoms with Crippen LogP contribution in [0.5, 0.6) is 0 Å². The Labute approximate surface area is 113 Å². The highest BCUT2D eigenvalue weighted by Crippen LogP contribution is 2.16. The minimum atomic E-state index is -0.0385. The van der Waals surface area contributed by atoms with E-state index in [0.717, 1.165) is 24.8 Å². The topological polar surface area (TPSA) is 17.1 Å². The molecule has 1 rings (SSSR count). The number of carbonyl (C=O) groups excluding carboxylic acids is 1. The van der Waals surface area contributed by atoms with Crippen LogP contribution in [0.4, 0.5) is 0 Å². The quantitative estimate of drug-likeness (QED) is 0.552. The summed E-state index contributed by atoms with van der Waals surface area (Å²) in [6.45, 7) is 6.50. The molecule has 1 atom stereocenters. The van der Waals surface area contributed by atoms with Crippen molar-refractivity contribution in [2.45, 2.75) is 44.9 Å². The van der Waals surface area contributed by atoms with Gasteiger partial charge in [0.25, 0.3) is 0 Å². The maximum absolute atomic E-state index is 12.0. The zero-order valence-corrected chi connectivity index (χ0v) is 12.5. The first-order chi connectivity index (χ1) is 8.04. The predicted octanol–water partition coefficient (Wildman–Crippen LogP) is 4.63. The molecule has 0 saturated heterocycles. The van der Waals surface area contributed by atoms with Crippen LogP contribution in [0.1, 0.15) is 49.5 Å². The molecule has 0 aromatic heterocycles. The minimum absolute atomic E-state index is 0.0385. The third-order valence-electron chi connectivity index (χ3n) is 2.71. The number of halogens is 1. The fourth-order valence-corrected chi connectivity index (χ4v) is 2.56. The van der Waals surface area contributed by atoms with Gasteiger partial charge in [-0.3, -0.25) is 4.79 Å². The molecule has 0 fully saturated rings. The van der Waals surface area contributed by atoms with Crippen LogP contribution in [0.15, 0.2) is 24.3 Å². The van der Waals surface area contributed by atoms with Crippen LogP contribution < -0.4 is 0 Å². The van der Waals surface area contributed by atoms with Gasteiger partial charge in [0.15, 0.2) is 5.78 Å². The van der Waals surface area contributed by atoms with Gasteiger partial charge in [0.2, 0.25) is 0 Å². The standard InChI is InChI=1S/C15H21BrO/c1-4-5-14(16)15(17)13-8-6-12(7-9-13)10-11(2)3/h6-9,11,14H,4-5,10H2,1-3H3. The lowest BCUT2D eigenvalue weighted by molar-refractivity contribution is 0.0988. The van der Waals surface area contributed by atoms with Crippen LogP contribution >= 0.6 is 15.9 Å². The Kier molecular flexibility index (Phi) is 5.90. The summed E-state index contributed by atoms with van der Waals surface area (Å²) >= 11 is 3.45. The second-order valence-corrected chi connectivity index (χ2v) is 6.02. The number of hydrogen-bond donors (Lipinski definition) is 0. The van der Waals surface area contributed by atoms with Crippen LogP contribution in [0.2, 0.25) is 0 Å². The van der Waals surface area contributed by atoms with Crippen LogP contribution in [-0.4, -0.2) is 10.6 Å². The molecule has 0 bridgehead atoms. The fraction of sp³-hybridized carbons (Fsp3) is 0.533. The number of hydrogen-bond acceptors (Lipinski definition) is 1. The second kappa shape index (κ2) is 6.95. The Morgan fingerprint density at radius 2 is 1.82 bits per heavy atom. The summed E-state index contributed by atoms with van der Waals surface area (Å²) in [6, 6.07) is 8.03. The molecule has 0 amide bonds. The number of rotatable bonds is 6. The maximum atomic E-state index is 12.0. The lowest BCUT2D eigenvalue weighted by Gasteiger charge is -2.09. The number of Topliss-reactive ketones (excluding diaryl/α,β-unsaturated/α-hetero) is 1. The van der Waals surface area contributed by atoms with Gasteiger partial charge in [-0.05, 0) is 24.3 Å². The smallest absolute Gasteiger partial charge is 0.176 e. The van der Waals surface area contributed by atoms with E-state index < -0.39 is 0 Å². The van der Waals surface area contributed by atoms with Gasteiger partial charge >= 0.3 is 0 Å². The maximum Gasteiger partial charge on any atom is 0.176 e. The van der Waals surface area contributed by atoms with E-state index in [9.17, 15) is 4.79 Å². The molecule has 0 aliphatic rings. The SMILES string of the molecule is CCCC(Br)C(=O)c1ccc(CC(C)C)cc1. The number of carbonyl (C=O) groups is 1. The van der Waals surface area contributed by atoms with Crippen molar-refractivity contribution in [1.29, 1.82) is 0 Å². The molecule has 1 aromatic rings. The summed E-state index contributed by atoms with van der Waals surface area (Å²) in [5.41, 5.74) is 2.12. The van der Waals surface area contributed by atoms with Crippen molar-refractivity contribution in [2.75, 3.05) is 0 Å². The Hall–Kier alpha value is -0.630. The molecule has 0 radical (unpaired) electrons. The van der Waals surface area contributed by atoms with Crippen LogP contribution in [0.3, 0.4) is 0 Å². The first-order valence-electron chi connectivity index (χ1n) is 6.31. The van der Waals surface area contributed by atoms with Crippen molar-refractivity contribution in [3.63, 3.8) is 0 Å². The summed E-state index contributed by atoms with van der Waals surface area (Å²) in [6.07, 6.45) is 2.99. The molecular formula is C15H21BrO. The van der Waals surface area contributed by atoms with Crippen LogP contribution in [0, 0.1) is 5.92 Å². The summed E-state index contributed by atoms with van der Waals surface area (Å²) in [4.78, 5) is 12.0. The van der Waals surface area contributed by atoms with E-state index in [1.807, 2.05) is 12.1 Å². The van der Waals surface area contributed by atoms with E-state index in [4.69, 9.17) is 0 Å². The van der Waals surface area contributed by atoms with Crippen LogP contribution in [-0.2, 0) is 6.42 Å². The minimum Gasteiger partial charge on any atom is -0.293 e. The van der Waals surface area contributed by atoms with E-state index in [-0.39, 0.29) is 10.6 Å². The zero-order chi connectivity index (χ0) is 12.8. The molecule has 1 unspecified atom stereocenters. The summed E-state index contributed by atoms with van der Waals surface area (Å²) in [7, 11) is 0. The molecule has 0 aliphatic heterocycles. The molecule has 0 heterocycles. The third kappa shape index (κ3) is 4.63. The van der Waals surface area contributed by atoms with Crippen molar-refractivity contribution in [3.8, 4) is 0 Å². The van der Waals surface area contributed by atoms with Gasteiger partial charge in [-0.2, -0.15) is 0 Å². The molecule has 2 heteroatoms. The number of ketones is 1. The molecule has 0 spiro atoms. The molecule has 0 N–H and O–H groups in total. The normalized spacial score (nSPS) is 12.8. The summed E-state index contributed by atoms with van der Waals surface area (Å²) in [5, 5.41) is 0.